The summed E-state index contributed by atoms with van der Waals surface area (Å²) >= 11 is 5.61. The first kappa shape index (κ1) is 15.6. The Balaban J connectivity index is 1.90. The first-order valence-corrected chi connectivity index (χ1v) is 6.84. The summed E-state index contributed by atoms with van der Waals surface area (Å²) in [5.41, 5.74) is 0. The Morgan fingerprint density at radius 1 is 1.48 bits per heavy atom. The van der Waals surface area contributed by atoms with Crippen molar-refractivity contribution in [2.75, 3.05) is 19.7 Å². The minimum Gasteiger partial charge on any atom is -0.484 e. The summed E-state index contributed by atoms with van der Waals surface area (Å²) in [6.07, 6.45) is 0. The molecule has 1 aliphatic heterocycles. The van der Waals surface area contributed by atoms with E-state index in [2.05, 4.69) is 0 Å². The van der Waals surface area contributed by atoms with Crippen LogP contribution in [0.1, 0.15) is 6.92 Å². The third kappa shape index (κ3) is 3.64. The standard InChI is InChI=1S/C14H15ClFNO4/c1-8-5-17(6-10(8)14(19)20)13(18)7-21-9-2-3-12(16)11(15)4-9/h2-4,8,10H,5-7H2,1H3,(H,19,20)/t8-,10-/m1/s1. The van der Waals surface area contributed by atoms with Gasteiger partial charge in [-0.3, -0.25) is 9.59 Å². The number of nitrogens with zero attached hydrogens (tertiary/aromatic N) is 1. The number of likely N-dealkylation sites (tertiary alicyclic amines) is 1. The van der Waals surface area contributed by atoms with Gasteiger partial charge in [-0.25, -0.2) is 4.39 Å². The molecule has 0 aliphatic carbocycles. The van der Waals surface area contributed by atoms with Crippen LogP contribution in [-0.4, -0.2) is 41.6 Å². The fourth-order valence-corrected chi connectivity index (χ4v) is 2.47. The maximum Gasteiger partial charge on any atom is 0.308 e. The fraction of sp³-hybridized carbons (Fsp3) is 0.429. The average Bonchev–Trinajstić information content (AvgIpc) is 2.82. The van der Waals surface area contributed by atoms with Gasteiger partial charge >= 0.3 is 5.97 Å². The van der Waals surface area contributed by atoms with Crippen LogP contribution in [0.3, 0.4) is 0 Å². The van der Waals surface area contributed by atoms with Gasteiger partial charge in [-0.15, -0.1) is 0 Å². The molecule has 0 saturated carbocycles. The van der Waals surface area contributed by atoms with Crippen LogP contribution in [-0.2, 0) is 9.59 Å². The van der Waals surface area contributed by atoms with Crippen molar-refractivity contribution in [1.82, 2.24) is 4.90 Å². The Bertz CT molecular complexity index is 566. The van der Waals surface area contributed by atoms with E-state index in [4.69, 9.17) is 21.4 Å². The van der Waals surface area contributed by atoms with Crippen LogP contribution in [0.25, 0.3) is 0 Å². The zero-order valence-corrected chi connectivity index (χ0v) is 12.1. The molecular weight excluding hydrogens is 301 g/mol. The lowest BCUT2D eigenvalue weighted by atomic mass is 9.99. The predicted molar refractivity (Wildman–Crippen MR) is 73.8 cm³/mol. The van der Waals surface area contributed by atoms with Crippen molar-refractivity contribution >= 4 is 23.5 Å². The van der Waals surface area contributed by atoms with Crippen LogP contribution in [0.4, 0.5) is 4.39 Å². The molecule has 2 atom stereocenters. The Labute approximate surface area is 126 Å². The minimum atomic E-state index is -0.899. The summed E-state index contributed by atoms with van der Waals surface area (Å²) < 4.78 is 18.2. The van der Waals surface area contributed by atoms with Crippen molar-refractivity contribution in [2.45, 2.75) is 6.92 Å². The number of hydrogen-bond donors (Lipinski definition) is 1. The van der Waals surface area contributed by atoms with Crippen LogP contribution in [0.15, 0.2) is 18.2 Å². The first-order chi connectivity index (χ1) is 9.88. The van der Waals surface area contributed by atoms with Gasteiger partial charge in [0.2, 0.25) is 0 Å². The van der Waals surface area contributed by atoms with Gasteiger partial charge in [0.1, 0.15) is 11.6 Å². The van der Waals surface area contributed by atoms with E-state index in [0.29, 0.717) is 6.54 Å². The van der Waals surface area contributed by atoms with Crippen molar-refractivity contribution in [3.8, 4) is 5.75 Å². The largest absolute Gasteiger partial charge is 0.484 e. The van der Waals surface area contributed by atoms with Crippen molar-refractivity contribution < 1.29 is 23.8 Å². The molecule has 0 aromatic heterocycles. The third-order valence-electron chi connectivity index (χ3n) is 3.54. The second kappa shape index (κ2) is 6.30. The van der Waals surface area contributed by atoms with Crippen LogP contribution >= 0.6 is 11.6 Å². The molecule has 1 aliphatic rings. The van der Waals surface area contributed by atoms with Crippen LogP contribution < -0.4 is 4.74 Å². The molecule has 2 rings (SSSR count). The molecule has 1 aromatic rings. The van der Waals surface area contributed by atoms with Gasteiger partial charge in [0, 0.05) is 19.2 Å². The van der Waals surface area contributed by atoms with Crippen molar-refractivity contribution in [1.29, 1.82) is 0 Å². The molecule has 1 aromatic carbocycles. The number of carboxylic acids is 1. The number of carbonyl (C=O) groups excluding carboxylic acids is 1. The van der Waals surface area contributed by atoms with E-state index in [1.807, 2.05) is 0 Å². The molecule has 0 spiro atoms. The molecule has 1 saturated heterocycles. The van der Waals surface area contributed by atoms with E-state index in [-0.39, 0.29) is 35.7 Å². The van der Waals surface area contributed by atoms with Gasteiger partial charge in [0.25, 0.3) is 5.91 Å². The SMILES string of the molecule is C[C@@H]1CN(C(=O)COc2ccc(F)c(Cl)c2)C[C@H]1C(=O)O. The molecule has 0 unspecified atom stereocenters. The number of benzene rings is 1. The highest BCUT2D eigenvalue weighted by Gasteiger charge is 2.36. The molecule has 5 nitrogen and oxygen atoms in total. The lowest BCUT2D eigenvalue weighted by molar-refractivity contribution is -0.142. The topological polar surface area (TPSA) is 66.8 Å². The average molecular weight is 316 g/mol. The number of carboxylic acid groups (broad SMARTS) is 1. The smallest absolute Gasteiger partial charge is 0.308 e. The number of ether oxygens (including phenoxy) is 1. The van der Waals surface area contributed by atoms with Gasteiger partial charge in [-0.2, -0.15) is 0 Å². The van der Waals surface area contributed by atoms with Crippen LogP contribution in [0.5, 0.6) is 5.75 Å². The summed E-state index contributed by atoms with van der Waals surface area (Å²) in [6, 6.07) is 3.82. The molecule has 1 amide bonds. The van der Waals surface area contributed by atoms with E-state index >= 15 is 0 Å². The molecule has 0 bridgehead atoms. The molecule has 0 radical (unpaired) electrons. The molecule has 1 heterocycles. The maximum absolute atomic E-state index is 13.0. The van der Waals surface area contributed by atoms with E-state index < -0.39 is 17.7 Å². The monoisotopic (exact) mass is 315 g/mol. The van der Waals surface area contributed by atoms with Crippen molar-refractivity contribution in [3.05, 3.63) is 29.0 Å². The second-order valence-corrected chi connectivity index (χ2v) is 5.49. The van der Waals surface area contributed by atoms with Gasteiger partial charge < -0.3 is 14.7 Å². The Kier molecular flexibility index (Phi) is 4.67. The summed E-state index contributed by atoms with van der Waals surface area (Å²) in [5, 5.41) is 8.95. The van der Waals surface area contributed by atoms with E-state index in [9.17, 15) is 14.0 Å². The Hall–Kier alpha value is -1.82. The lowest BCUT2D eigenvalue weighted by Crippen LogP contribution is -2.33. The minimum absolute atomic E-state index is 0.0827. The number of hydrogen-bond acceptors (Lipinski definition) is 3. The highest BCUT2D eigenvalue weighted by molar-refractivity contribution is 6.30. The molecule has 7 heteroatoms. The lowest BCUT2D eigenvalue weighted by Gasteiger charge is -2.16. The predicted octanol–water partition coefficient (Wildman–Crippen LogP) is 2.04. The molecule has 1 N–H and O–H groups in total. The van der Waals surface area contributed by atoms with Gasteiger partial charge in [-0.1, -0.05) is 18.5 Å². The summed E-state index contributed by atoms with van der Waals surface area (Å²) in [4.78, 5) is 24.5. The summed E-state index contributed by atoms with van der Waals surface area (Å²) in [5.74, 6) is -2.11. The summed E-state index contributed by atoms with van der Waals surface area (Å²) in [7, 11) is 0. The zero-order valence-electron chi connectivity index (χ0n) is 11.4. The van der Waals surface area contributed by atoms with Crippen molar-refractivity contribution in [2.24, 2.45) is 11.8 Å². The number of rotatable bonds is 4. The molecule has 114 valence electrons. The Morgan fingerprint density at radius 2 is 2.19 bits per heavy atom. The van der Waals surface area contributed by atoms with E-state index in [1.165, 1.54) is 17.0 Å². The maximum atomic E-state index is 13.0. The number of amides is 1. The highest BCUT2D eigenvalue weighted by atomic mass is 35.5. The third-order valence-corrected chi connectivity index (χ3v) is 3.83. The number of halogens is 2. The van der Waals surface area contributed by atoms with Crippen LogP contribution in [0, 0.1) is 17.7 Å². The zero-order chi connectivity index (χ0) is 15.6. The first-order valence-electron chi connectivity index (χ1n) is 6.47. The quantitative estimate of drug-likeness (QED) is 0.923. The molecule has 1 fully saturated rings. The molecule has 21 heavy (non-hydrogen) atoms. The van der Waals surface area contributed by atoms with E-state index in [0.717, 1.165) is 6.07 Å². The number of carbonyl (C=O) groups is 2. The number of aliphatic carboxylic acids is 1. The Morgan fingerprint density at radius 3 is 2.76 bits per heavy atom. The van der Waals surface area contributed by atoms with E-state index in [1.54, 1.807) is 6.92 Å². The van der Waals surface area contributed by atoms with Gasteiger partial charge in [-0.05, 0) is 18.1 Å². The molecular formula is C14H15ClFNO4. The normalized spacial score (nSPS) is 21.4. The van der Waals surface area contributed by atoms with Gasteiger partial charge in [0.05, 0.1) is 10.9 Å². The fourth-order valence-electron chi connectivity index (χ4n) is 2.29. The van der Waals surface area contributed by atoms with Gasteiger partial charge in [0.15, 0.2) is 6.61 Å². The highest BCUT2D eigenvalue weighted by Crippen LogP contribution is 2.24. The van der Waals surface area contributed by atoms with Crippen LogP contribution in [0.2, 0.25) is 5.02 Å². The second-order valence-electron chi connectivity index (χ2n) is 5.09. The summed E-state index contributed by atoms with van der Waals surface area (Å²) in [6.45, 7) is 2.14. The van der Waals surface area contributed by atoms with Crippen molar-refractivity contribution in [3.63, 3.8) is 0 Å².